The molecule has 2 aliphatic rings. The molecule has 0 aromatic heterocycles. The molecule has 1 saturated carbocycles. The van der Waals surface area contributed by atoms with Crippen molar-refractivity contribution >= 4 is 5.91 Å². The van der Waals surface area contributed by atoms with Crippen LogP contribution in [-0.4, -0.2) is 30.7 Å². The van der Waals surface area contributed by atoms with Crippen molar-refractivity contribution in [2.24, 2.45) is 11.7 Å². The van der Waals surface area contributed by atoms with E-state index in [0.29, 0.717) is 32.0 Å². The number of hydrogen-bond acceptors (Lipinski definition) is 3. The van der Waals surface area contributed by atoms with E-state index in [2.05, 4.69) is 12.2 Å². The van der Waals surface area contributed by atoms with Crippen molar-refractivity contribution in [3.63, 3.8) is 0 Å². The standard InChI is InChI=1S/C13H24N2O2/c1-10(11-4-2-3-5-11)15-12(16)13(14)6-8-17-9-7-13/h10-11H,2-9,14H2,1H3,(H,15,16). The molecular formula is C13H24N2O2. The number of ether oxygens (including phenoxy) is 1. The summed E-state index contributed by atoms with van der Waals surface area (Å²) < 4.78 is 5.26. The van der Waals surface area contributed by atoms with E-state index in [4.69, 9.17) is 10.5 Å². The minimum atomic E-state index is -0.703. The molecule has 1 heterocycles. The highest BCUT2D eigenvalue weighted by Crippen LogP contribution is 2.28. The third-order valence-electron chi connectivity index (χ3n) is 4.30. The first-order chi connectivity index (χ1) is 8.12. The Morgan fingerprint density at radius 3 is 2.53 bits per heavy atom. The number of amides is 1. The van der Waals surface area contributed by atoms with Gasteiger partial charge in [0.1, 0.15) is 0 Å². The van der Waals surface area contributed by atoms with Gasteiger partial charge in [-0.3, -0.25) is 4.79 Å². The highest BCUT2D eigenvalue weighted by molar-refractivity contribution is 5.86. The number of carbonyl (C=O) groups excluding carboxylic acids is 1. The monoisotopic (exact) mass is 240 g/mol. The molecule has 2 fully saturated rings. The molecule has 1 aliphatic carbocycles. The van der Waals surface area contributed by atoms with Gasteiger partial charge >= 0.3 is 0 Å². The Morgan fingerprint density at radius 2 is 1.94 bits per heavy atom. The molecule has 98 valence electrons. The smallest absolute Gasteiger partial charge is 0.240 e. The second kappa shape index (κ2) is 5.36. The lowest BCUT2D eigenvalue weighted by molar-refractivity contribution is -0.130. The van der Waals surface area contributed by atoms with Gasteiger partial charge in [0, 0.05) is 19.3 Å². The lowest BCUT2D eigenvalue weighted by atomic mass is 9.89. The average Bonchev–Trinajstić information content (AvgIpc) is 2.83. The Hall–Kier alpha value is -0.610. The Kier molecular flexibility index (Phi) is 4.05. The summed E-state index contributed by atoms with van der Waals surface area (Å²) in [6.45, 7) is 3.31. The van der Waals surface area contributed by atoms with Crippen LogP contribution in [0.25, 0.3) is 0 Å². The van der Waals surface area contributed by atoms with Crippen molar-refractivity contribution in [3.8, 4) is 0 Å². The number of nitrogens with two attached hydrogens (primary N) is 1. The van der Waals surface area contributed by atoms with Gasteiger partial charge in [-0.15, -0.1) is 0 Å². The van der Waals surface area contributed by atoms with Crippen LogP contribution >= 0.6 is 0 Å². The second-order valence-corrected chi connectivity index (χ2v) is 5.58. The number of carbonyl (C=O) groups is 1. The predicted octanol–water partition coefficient (Wildman–Crippen LogP) is 1.19. The minimum absolute atomic E-state index is 0.0141. The quantitative estimate of drug-likeness (QED) is 0.779. The van der Waals surface area contributed by atoms with Crippen molar-refractivity contribution in [3.05, 3.63) is 0 Å². The van der Waals surface area contributed by atoms with Crippen LogP contribution in [0.15, 0.2) is 0 Å². The first-order valence-corrected chi connectivity index (χ1v) is 6.79. The molecule has 3 N–H and O–H groups in total. The summed E-state index contributed by atoms with van der Waals surface area (Å²) in [5.41, 5.74) is 5.45. The van der Waals surface area contributed by atoms with Crippen LogP contribution in [0, 0.1) is 5.92 Å². The zero-order chi connectivity index (χ0) is 12.3. The van der Waals surface area contributed by atoms with Crippen LogP contribution in [0.5, 0.6) is 0 Å². The third kappa shape index (κ3) is 2.99. The third-order valence-corrected chi connectivity index (χ3v) is 4.30. The molecule has 1 unspecified atom stereocenters. The largest absolute Gasteiger partial charge is 0.381 e. The summed E-state index contributed by atoms with van der Waals surface area (Å²) in [6.07, 6.45) is 6.34. The molecule has 0 spiro atoms. The van der Waals surface area contributed by atoms with E-state index < -0.39 is 5.54 Å². The first kappa shape index (κ1) is 12.8. The lowest BCUT2D eigenvalue weighted by Gasteiger charge is -2.34. The molecule has 4 nitrogen and oxygen atoms in total. The van der Waals surface area contributed by atoms with Gasteiger partial charge in [-0.2, -0.15) is 0 Å². The summed E-state index contributed by atoms with van der Waals surface area (Å²) in [5.74, 6) is 0.655. The predicted molar refractivity (Wildman–Crippen MR) is 66.5 cm³/mol. The molecule has 0 aromatic rings. The molecule has 4 heteroatoms. The number of hydrogen-bond donors (Lipinski definition) is 2. The fourth-order valence-corrected chi connectivity index (χ4v) is 2.89. The Morgan fingerprint density at radius 1 is 1.35 bits per heavy atom. The molecule has 2 rings (SSSR count). The molecule has 1 aliphatic heterocycles. The molecule has 0 radical (unpaired) electrons. The van der Waals surface area contributed by atoms with E-state index in [1.54, 1.807) is 0 Å². The zero-order valence-electron chi connectivity index (χ0n) is 10.7. The van der Waals surface area contributed by atoms with Crippen molar-refractivity contribution < 1.29 is 9.53 Å². The fraction of sp³-hybridized carbons (Fsp3) is 0.923. The summed E-state index contributed by atoms with van der Waals surface area (Å²) in [5, 5.41) is 3.11. The van der Waals surface area contributed by atoms with Gasteiger partial charge in [0.25, 0.3) is 0 Å². The Labute approximate surface area is 103 Å². The molecule has 1 saturated heterocycles. The van der Waals surface area contributed by atoms with Gasteiger partial charge in [0.05, 0.1) is 5.54 Å². The van der Waals surface area contributed by atoms with E-state index >= 15 is 0 Å². The number of nitrogens with one attached hydrogen (secondary N) is 1. The van der Waals surface area contributed by atoms with Gasteiger partial charge < -0.3 is 15.8 Å². The van der Waals surface area contributed by atoms with Gasteiger partial charge in [0.2, 0.25) is 5.91 Å². The molecular weight excluding hydrogens is 216 g/mol. The van der Waals surface area contributed by atoms with Crippen LogP contribution in [0.1, 0.15) is 45.4 Å². The topological polar surface area (TPSA) is 64.4 Å². The summed E-state index contributed by atoms with van der Waals surface area (Å²) >= 11 is 0. The van der Waals surface area contributed by atoms with E-state index in [0.717, 1.165) is 0 Å². The van der Waals surface area contributed by atoms with Crippen LogP contribution in [0.4, 0.5) is 0 Å². The Bertz CT molecular complexity index is 269. The average molecular weight is 240 g/mol. The molecule has 0 aromatic carbocycles. The first-order valence-electron chi connectivity index (χ1n) is 6.79. The van der Waals surface area contributed by atoms with Gasteiger partial charge in [-0.05, 0) is 38.5 Å². The lowest BCUT2D eigenvalue weighted by Crippen LogP contribution is -2.59. The van der Waals surface area contributed by atoms with E-state index in [9.17, 15) is 4.79 Å². The van der Waals surface area contributed by atoms with Crippen molar-refractivity contribution in [1.29, 1.82) is 0 Å². The normalized spacial score (nSPS) is 26.7. The minimum Gasteiger partial charge on any atom is -0.381 e. The van der Waals surface area contributed by atoms with Crippen LogP contribution in [-0.2, 0) is 9.53 Å². The summed E-state index contributed by atoms with van der Waals surface area (Å²) in [4.78, 5) is 12.2. The second-order valence-electron chi connectivity index (χ2n) is 5.58. The maximum Gasteiger partial charge on any atom is 0.240 e. The SMILES string of the molecule is CC(NC(=O)C1(N)CCOCC1)C1CCCC1. The Balaban J connectivity index is 1.86. The van der Waals surface area contributed by atoms with E-state index in [-0.39, 0.29) is 11.9 Å². The van der Waals surface area contributed by atoms with E-state index in [1.807, 2.05) is 0 Å². The highest BCUT2D eigenvalue weighted by Gasteiger charge is 2.37. The van der Waals surface area contributed by atoms with Gasteiger partial charge in [-0.25, -0.2) is 0 Å². The highest BCUT2D eigenvalue weighted by atomic mass is 16.5. The maximum atomic E-state index is 12.2. The van der Waals surface area contributed by atoms with Gasteiger partial charge in [-0.1, -0.05) is 12.8 Å². The van der Waals surface area contributed by atoms with Gasteiger partial charge in [0.15, 0.2) is 0 Å². The van der Waals surface area contributed by atoms with Crippen LogP contribution in [0.2, 0.25) is 0 Å². The van der Waals surface area contributed by atoms with E-state index in [1.165, 1.54) is 25.7 Å². The van der Waals surface area contributed by atoms with Crippen molar-refractivity contribution in [2.75, 3.05) is 13.2 Å². The maximum absolute atomic E-state index is 12.2. The van der Waals surface area contributed by atoms with Crippen molar-refractivity contribution in [2.45, 2.75) is 57.0 Å². The summed E-state index contributed by atoms with van der Waals surface area (Å²) in [7, 11) is 0. The molecule has 1 amide bonds. The van der Waals surface area contributed by atoms with Crippen LogP contribution in [0.3, 0.4) is 0 Å². The van der Waals surface area contributed by atoms with Crippen molar-refractivity contribution in [1.82, 2.24) is 5.32 Å². The molecule has 0 bridgehead atoms. The molecule has 17 heavy (non-hydrogen) atoms. The zero-order valence-corrected chi connectivity index (χ0v) is 10.7. The molecule has 1 atom stereocenters. The summed E-state index contributed by atoms with van der Waals surface area (Å²) in [6, 6.07) is 0.258. The number of rotatable bonds is 3. The fourth-order valence-electron chi connectivity index (χ4n) is 2.89. The van der Waals surface area contributed by atoms with Crippen LogP contribution < -0.4 is 11.1 Å².